The minimum Gasteiger partial charge on any atom is -0.497 e. The Kier molecular flexibility index (Phi) is 6.62. The highest BCUT2D eigenvalue weighted by Crippen LogP contribution is 2.23. The number of hydrogen-bond acceptors (Lipinski definition) is 4. The van der Waals surface area contributed by atoms with E-state index in [0.717, 1.165) is 31.6 Å². The van der Waals surface area contributed by atoms with Crippen LogP contribution in [0.1, 0.15) is 39.0 Å². The molecule has 1 amide bonds. The first-order valence-corrected chi connectivity index (χ1v) is 9.82. The number of ether oxygens (including phenoxy) is 1. The van der Waals surface area contributed by atoms with Crippen molar-refractivity contribution in [2.24, 2.45) is 5.92 Å². The van der Waals surface area contributed by atoms with Crippen LogP contribution in [0.3, 0.4) is 0 Å². The molecule has 0 bridgehead atoms. The number of amides is 1. The van der Waals surface area contributed by atoms with Gasteiger partial charge in [-0.1, -0.05) is 6.92 Å². The van der Waals surface area contributed by atoms with Gasteiger partial charge >= 0.3 is 0 Å². The molecule has 1 saturated carbocycles. The predicted molar refractivity (Wildman–Crippen MR) is 92.4 cm³/mol. The number of sulfonamides is 1. The summed E-state index contributed by atoms with van der Waals surface area (Å²) in [6.45, 7) is 2.31. The van der Waals surface area contributed by atoms with Crippen molar-refractivity contribution in [1.82, 2.24) is 10.0 Å². The number of nitrogens with one attached hydrogen (secondary N) is 2. The molecule has 2 N–H and O–H groups in total. The van der Waals surface area contributed by atoms with Crippen LogP contribution in [0.25, 0.3) is 0 Å². The Hall–Kier alpha value is -1.60. The lowest BCUT2D eigenvalue weighted by atomic mass is 9.87. The van der Waals surface area contributed by atoms with E-state index >= 15 is 0 Å². The Balaban J connectivity index is 1.76. The average molecular weight is 354 g/mol. The molecule has 1 aromatic rings. The van der Waals surface area contributed by atoms with Gasteiger partial charge in [-0.25, -0.2) is 13.1 Å². The fourth-order valence-corrected chi connectivity index (χ4v) is 3.87. The van der Waals surface area contributed by atoms with E-state index in [0.29, 0.717) is 5.75 Å². The Bertz CT molecular complexity index is 635. The van der Waals surface area contributed by atoms with Crippen LogP contribution >= 0.6 is 0 Å². The number of benzene rings is 1. The lowest BCUT2D eigenvalue weighted by Gasteiger charge is -2.26. The predicted octanol–water partition coefficient (Wildman–Crippen LogP) is 2.06. The van der Waals surface area contributed by atoms with Gasteiger partial charge in [-0.15, -0.1) is 0 Å². The topological polar surface area (TPSA) is 84.5 Å². The highest BCUT2D eigenvalue weighted by molar-refractivity contribution is 7.89. The molecule has 0 radical (unpaired) electrons. The normalized spacial score (nSPS) is 21.2. The van der Waals surface area contributed by atoms with E-state index in [1.54, 1.807) is 12.1 Å². The number of hydrogen-bond donors (Lipinski definition) is 2. The van der Waals surface area contributed by atoms with Gasteiger partial charge in [0.05, 0.1) is 12.0 Å². The molecule has 6 nitrogen and oxygen atoms in total. The Morgan fingerprint density at radius 1 is 1.17 bits per heavy atom. The van der Waals surface area contributed by atoms with Gasteiger partial charge in [0.15, 0.2) is 0 Å². The van der Waals surface area contributed by atoms with Gasteiger partial charge in [0.2, 0.25) is 15.9 Å². The summed E-state index contributed by atoms with van der Waals surface area (Å²) in [5.74, 6) is 1.22. The summed E-state index contributed by atoms with van der Waals surface area (Å²) in [6, 6.07) is 6.36. The molecule has 0 atom stereocenters. The van der Waals surface area contributed by atoms with Crippen molar-refractivity contribution in [3.8, 4) is 5.75 Å². The van der Waals surface area contributed by atoms with Crippen LogP contribution in [-0.2, 0) is 14.8 Å². The molecule has 1 aromatic carbocycles. The minimum absolute atomic E-state index is 0.0866. The van der Waals surface area contributed by atoms with Gasteiger partial charge in [-0.3, -0.25) is 4.79 Å². The number of rotatable bonds is 7. The molecule has 2 rings (SSSR count). The third kappa shape index (κ3) is 5.49. The largest absolute Gasteiger partial charge is 0.497 e. The molecule has 0 heterocycles. The molecule has 1 aliphatic carbocycles. The molecule has 24 heavy (non-hydrogen) atoms. The Morgan fingerprint density at radius 3 is 2.38 bits per heavy atom. The SMILES string of the molecule is COc1ccc(S(=O)(=O)NCCC(=O)NC2CCC(C)CC2)cc1. The van der Waals surface area contributed by atoms with Gasteiger partial charge in [0.1, 0.15) is 5.75 Å². The maximum atomic E-state index is 12.2. The maximum absolute atomic E-state index is 12.2. The van der Waals surface area contributed by atoms with Gasteiger partial charge in [0.25, 0.3) is 0 Å². The van der Waals surface area contributed by atoms with Gasteiger partial charge in [-0.05, 0) is 55.9 Å². The molecule has 1 aliphatic rings. The summed E-state index contributed by atoms with van der Waals surface area (Å²) in [5, 5.41) is 2.99. The Labute approximate surface area is 144 Å². The van der Waals surface area contributed by atoms with Crippen LogP contribution in [0.5, 0.6) is 5.75 Å². The van der Waals surface area contributed by atoms with Crippen LogP contribution < -0.4 is 14.8 Å². The third-order valence-electron chi connectivity index (χ3n) is 4.39. The highest BCUT2D eigenvalue weighted by atomic mass is 32.2. The van der Waals surface area contributed by atoms with E-state index in [1.807, 2.05) is 0 Å². The fourth-order valence-electron chi connectivity index (χ4n) is 2.84. The van der Waals surface area contributed by atoms with E-state index in [1.165, 1.54) is 19.2 Å². The molecule has 1 fully saturated rings. The van der Waals surface area contributed by atoms with E-state index in [2.05, 4.69) is 17.0 Å². The summed E-state index contributed by atoms with van der Waals surface area (Å²) < 4.78 is 31.8. The number of carbonyl (C=O) groups is 1. The number of methoxy groups -OCH3 is 1. The first-order valence-electron chi connectivity index (χ1n) is 8.34. The first kappa shape index (κ1) is 18.7. The van der Waals surface area contributed by atoms with Gasteiger partial charge in [-0.2, -0.15) is 0 Å². The van der Waals surface area contributed by atoms with Crippen LogP contribution in [0.4, 0.5) is 0 Å². The van der Waals surface area contributed by atoms with Gasteiger partial charge < -0.3 is 10.1 Å². The van der Waals surface area contributed by atoms with E-state index in [-0.39, 0.29) is 29.8 Å². The molecular weight excluding hydrogens is 328 g/mol. The Morgan fingerprint density at radius 2 is 1.79 bits per heavy atom. The molecule has 0 spiro atoms. The second kappa shape index (κ2) is 8.48. The van der Waals surface area contributed by atoms with E-state index in [4.69, 9.17) is 4.74 Å². The van der Waals surface area contributed by atoms with E-state index < -0.39 is 10.0 Å². The van der Waals surface area contributed by atoms with Crippen molar-refractivity contribution in [3.05, 3.63) is 24.3 Å². The van der Waals surface area contributed by atoms with E-state index in [9.17, 15) is 13.2 Å². The smallest absolute Gasteiger partial charge is 0.240 e. The quantitative estimate of drug-likeness (QED) is 0.785. The zero-order valence-corrected chi connectivity index (χ0v) is 15.1. The van der Waals surface area contributed by atoms with Crippen molar-refractivity contribution >= 4 is 15.9 Å². The van der Waals surface area contributed by atoms with Crippen molar-refractivity contribution < 1.29 is 17.9 Å². The first-order chi connectivity index (χ1) is 11.4. The zero-order valence-electron chi connectivity index (χ0n) is 14.2. The molecule has 0 saturated heterocycles. The molecule has 134 valence electrons. The second-order valence-electron chi connectivity index (χ2n) is 6.35. The minimum atomic E-state index is -3.61. The molecule has 0 aromatic heterocycles. The summed E-state index contributed by atoms with van der Waals surface area (Å²) in [5.41, 5.74) is 0. The van der Waals surface area contributed by atoms with Crippen LogP contribution in [-0.4, -0.2) is 34.0 Å². The lowest BCUT2D eigenvalue weighted by molar-refractivity contribution is -0.121. The van der Waals surface area contributed by atoms with Crippen molar-refractivity contribution in [3.63, 3.8) is 0 Å². The van der Waals surface area contributed by atoms with Crippen LogP contribution in [0.2, 0.25) is 0 Å². The molecule has 0 aliphatic heterocycles. The summed E-state index contributed by atoms with van der Waals surface area (Å²) in [4.78, 5) is 12.1. The average Bonchev–Trinajstić information content (AvgIpc) is 2.57. The molecular formula is C17H26N2O4S. The molecule has 0 unspecified atom stereocenters. The third-order valence-corrected chi connectivity index (χ3v) is 5.87. The maximum Gasteiger partial charge on any atom is 0.240 e. The summed E-state index contributed by atoms with van der Waals surface area (Å²) in [6.07, 6.45) is 4.42. The van der Waals surface area contributed by atoms with Gasteiger partial charge in [0, 0.05) is 19.0 Å². The standard InChI is InChI=1S/C17H26N2O4S/c1-13-3-5-14(6-4-13)19-17(20)11-12-18-24(21,22)16-9-7-15(23-2)8-10-16/h7-10,13-14,18H,3-6,11-12H2,1-2H3,(H,19,20). The lowest BCUT2D eigenvalue weighted by Crippen LogP contribution is -2.39. The number of carbonyl (C=O) groups excluding carboxylic acids is 1. The summed E-state index contributed by atoms with van der Waals surface area (Å²) >= 11 is 0. The molecule has 7 heteroatoms. The van der Waals surface area contributed by atoms with Crippen molar-refractivity contribution in [2.75, 3.05) is 13.7 Å². The summed E-state index contributed by atoms with van der Waals surface area (Å²) in [7, 11) is -2.09. The zero-order chi connectivity index (χ0) is 17.6. The van der Waals surface area contributed by atoms with Crippen molar-refractivity contribution in [1.29, 1.82) is 0 Å². The van der Waals surface area contributed by atoms with Crippen LogP contribution in [0, 0.1) is 5.92 Å². The monoisotopic (exact) mass is 354 g/mol. The van der Waals surface area contributed by atoms with Crippen LogP contribution in [0.15, 0.2) is 29.2 Å². The fraction of sp³-hybridized carbons (Fsp3) is 0.588. The highest BCUT2D eigenvalue weighted by Gasteiger charge is 2.20. The second-order valence-corrected chi connectivity index (χ2v) is 8.11. The van der Waals surface area contributed by atoms with Crippen molar-refractivity contribution in [2.45, 2.75) is 50.0 Å².